The highest BCUT2D eigenvalue weighted by Gasteiger charge is 2.32. The van der Waals surface area contributed by atoms with Crippen LogP contribution in [0.15, 0.2) is 18.2 Å². The average Bonchev–Trinajstić information content (AvgIpc) is 2.50. The number of hydrogen-bond donors (Lipinski definition) is 0. The number of carbonyl (C=O) groups is 1. The van der Waals surface area contributed by atoms with Gasteiger partial charge in [0.25, 0.3) is 0 Å². The Labute approximate surface area is 76.5 Å². The van der Waals surface area contributed by atoms with Crippen LogP contribution < -0.4 is 4.74 Å². The van der Waals surface area contributed by atoms with Crippen LogP contribution in [-0.4, -0.2) is 12.4 Å². The molecule has 0 saturated carbocycles. The summed E-state index contributed by atoms with van der Waals surface area (Å²) < 4.78 is 5.52. The zero-order valence-corrected chi connectivity index (χ0v) is 7.25. The lowest BCUT2D eigenvalue weighted by atomic mass is 9.83. The molecule has 0 amide bonds. The molecule has 0 saturated heterocycles. The molecule has 1 atom stereocenters. The highest BCUT2D eigenvalue weighted by atomic mass is 16.5. The predicted octanol–water partition coefficient (Wildman–Crippen LogP) is 1.68. The van der Waals surface area contributed by atoms with Crippen molar-refractivity contribution in [1.82, 2.24) is 0 Å². The number of benzene rings is 1. The first kappa shape index (κ1) is 7.13. The Morgan fingerprint density at radius 3 is 3.23 bits per heavy atom. The molecule has 0 fully saturated rings. The molecular weight excluding hydrogens is 164 g/mol. The van der Waals surface area contributed by atoms with E-state index in [1.807, 2.05) is 18.2 Å². The summed E-state index contributed by atoms with van der Waals surface area (Å²) in [7, 11) is 0. The second kappa shape index (κ2) is 2.34. The SMILES string of the molecule is O=C1Cc2cccc3c2[C@H](CO3)C1. The molecular formula is C11H10O2. The van der Waals surface area contributed by atoms with Crippen molar-refractivity contribution in [3.63, 3.8) is 0 Å². The number of hydrogen-bond acceptors (Lipinski definition) is 2. The van der Waals surface area contributed by atoms with Crippen molar-refractivity contribution < 1.29 is 9.53 Å². The third kappa shape index (κ3) is 0.916. The first-order chi connectivity index (χ1) is 6.34. The Morgan fingerprint density at radius 1 is 1.38 bits per heavy atom. The van der Waals surface area contributed by atoms with Gasteiger partial charge in [-0.2, -0.15) is 0 Å². The third-order valence-electron chi connectivity index (χ3n) is 2.87. The quantitative estimate of drug-likeness (QED) is 0.598. The van der Waals surface area contributed by atoms with Crippen LogP contribution in [0.3, 0.4) is 0 Å². The number of Topliss-reactive ketones (excluding diaryl/α,β-unsaturated/α-hetero) is 1. The molecule has 0 unspecified atom stereocenters. The topological polar surface area (TPSA) is 26.3 Å². The number of carbonyl (C=O) groups excluding carboxylic acids is 1. The van der Waals surface area contributed by atoms with Crippen LogP contribution >= 0.6 is 0 Å². The summed E-state index contributed by atoms with van der Waals surface area (Å²) >= 11 is 0. The van der Waals surface area contributed by atoms with Crippen molar-refractivity contribution in [3.8, 4) is 5.75 Å². The molecule has 2 nitrogen and oxygen atoms in total. The van der Waals surface area contributed by atoms with Gasteiger partial charge >= 0.3 is 0 Å². The molecule has 0 N–H and O–H groups in total. The zero-order valence-electron chi connectivity index (χ0n) is 7.25. The molecule has 1 aromatic rings. The largest absolute Gasteiger partial charge is 0.493 e. The zero-order chi connectivity index (χ0) is 8.84. The second-order valence-corrected chi connectivity index (χ2v) is 3.76. The van der Waals surface area contributed by atoms with Crippen molar-refractivity contribution in [2.24, 2.45) is 0 Å². The highest BCUT2D eigenvalue weighted by Crippen LogP contribution is 2.41. The fraction of sp³-hybridized carbons (Fsp3) is 0.364. The Hall–Kier alpha value is -1.31. The molecule has 13 heavy (non-hydrogen) atoms. The predicted molar refractivity (Wildman–Crippen MR) is 48.0 cm³/mol. The minimum Gasteiger partial charge on any atom is -0.493 e. The summed E-state index contributed by atoms with van der Waals surface area (Å²) in [6, 6.07) is 6.00. The van der Waals surface area contributed by atoms with Gasteiger partial charge in [0.05, 0.1) is 6.61 Å². The molecule has 0 spiro atoms. The highest BCUT2D eigenvalue weighted by molar-refractivity contribution is 5.85. The van der Waals surface area contributed by atoms with Gasteiger partial charge in [-0.15, -0.1) is 0 Å². The smallest absolute Gasteiger partial charge is 0.138 e. The van der Waals surface area contributed by atoms with E-state index >= 15 is 0 Å². The van der Waals surface area contributed by atoms with Gasteiger partial charge in [0.2, 0.25) is 0 Å². The van der Waals surface area contributed by atoms with E-state index in [0.29, 0.717) is 31.1 Å². The monoisotopic (exact) mass is 174 g/mol. The molecule has 0 radical (unpaired) electrons. The van der Waals surface area contributed by atoms with Gasteiger partial charge in [-0.25, -0.2) is 0 Å². The molecule has 66 valence electrons. The molecule has 2 aliphatic rings. The van der Waals surface area contributed by atoms with E-state index in [1.165, 1.54) is 11.1 Å². The van der Waals surface area contributed by atoms with Crippen LogP contribution in [0.25, 0.3) is 0 Å². The van der Waals surface area contributed by atoms with Gasteiger partial charge in [0.1, 0.15) is 11.5 Å². The van der Waals surface area contributed by atoms with Crippen LogP contribution in [0.1, 0.15) is 23.5 Å². The Kier molecular flexibility index (Phi) is 1.29. The van der Waals surface area contributed by atoms with Gasteiger partial charge in [-0.05, 0) is 11.6 Å². The van der Waals surface area contributed by atoms with E-state index in [0.717, 1.165) is 5.75 Å². The summed E-state index contributed by atoms with van der Waals surface area (Å²) in [5.41, 5.74) is 2.47. The molecule has 0 bridgehead atoms. The summed E-state index contributed by atoms with van der Waals surface area (Å²) in [4.78, 5) is 11.4. The van der Waals surface area contributed by atoms with E-state index in [-0.39, 0.29) is 0 Å². The molecule has 1 aromatic carbocycles. The maximum absolute atomic E-state index is 11.4. The van der Waals surface area contributed by atoms with Crippen LogP contribution in [0.4, 0.5) is 0 Å². The molecule has 1 aliphatic carbocycles. The van der Waals surface area contributed by atoms with E-state index < -0.39 is 0 Å². The maximum atomic E-state index is 11.4. The second-order valence-electron chi connectivity index (χ2n) is 3.76. The van der Waals surface area contributed by atoms with E-state index in [2.05, 4.69) is 0 Å². The Morgan fingerprint density at radius 2 is 2.31 bits per heavy atom. The molecule has 3 rings (SSSR count). The minimum atomic E-state index is 0.340. The summed E-state index contributed by atoms with van der Waals surface area (Å²) in [5.74, 6) is 1.68. The fourth-order valence-electron chi connectivity index (χ4n) is 2.33. The molecule has 1 heterocycles. The fourth-order valence-corrected chi connectivity index (χ4v) is 2.33. The average molecular weight is 174 g/mol. The van der Waals surface area contributed by atoms with Crippen molar-refractivity contribution >= 4 is 5.78 Å². The lowest BCUT2D eigenvalue weighted by molar-refractivity contribution is -0.119. The van der Waals surface area contributed by atoms with Crippen LogP contribution in [0.5, 0.6) is 5.75 Å². The van der Waals surface area contributed by atoms with E-state index in [4.69, 9.17) is 4.74 Å². The first-order valence-electron chi connectivity index (χ1n) is 4.61. The molecule has 0 aromatic heterocycles. The van der Waals surface area contributed by atoms with Crippen molar-refractivity contribution in [1.29, 1.82) is 0 Å². The standard InChI is InChI=1S/C11H10O2/c12-9-4-7-2-1-3-10-11(7)8(5-9)6-13-10/h1-3,8H,4-6H2/t8-/m0/s1. The Balaban J connectivity index is 2.22. The lowest BCUT2D eigenvalue weighted by Crippen LogP contribution is -2.17. The van der Waals surface area contributed by atoms with Gasteiger partial charge in [0, 0.05) is 24.3 Å². The van der Waals surface area contributed by atoms with Gasteiger partial charge in [-0.1, -0.05) is 12.1 Å². The summed E-state index contributed by atoms with van der Waals surface area (Å²) in [6.45, 7) is 0.693. The molecule has 2 heteroatoms. The van der Waals surface area contributed by atoms with Gasteiger partial charge in [-0.3, -0.25) is 4.79 Å². The van der Waals surface area contributed by atoms with Crippen molar-refractivity contribution in [3.05, 3.63) is 29.3 Å². The van der Waals surface area contributed by atoms with Crippen LogP contribution in [0.2, 0.25) is 0 Å². The van der Waals surface area contributed by atoms with Crippen molar-refractivity contribution in [2.45, 2.75) is 18.8 Å². The van der Waals surface area contributed by atoms with Crippen molar-refractivity contribution in [2.75, 3.05) is 6.61 Å². The van der Waals surface area contributed by atoms with Crippen LogP contribution in [0, 0.1) is 0 Å². The molecule has 1 aliphatic heterocycles. The Bertz CT molecular complexity index is 382. The van der Waals surface area contributed by atoms with E-state index in [1.54, 1.807) is 0 Å². The van der Waals surface area contributed by atoms with Gasteiger partial charge < -0.3 is 4.74 Å². The number of ketones is 1. The summed E-state index contributed by atoms with van der Waals surface area (Å²) in [5, 5.41) is 0. The number of rotatable bonds is 0. The third-order valence-corrected chi connectivity index (χ3v) is 2.87. The normalized spacial score (nSPS) is 24.0. The lowest BCUT2D eigenvalue weighted by Gasteiger charge is -2.17. The first-order valence-corrected chi connectivity index (χ1v) is 4.61. The number of ether oxygens (including phenoxy) is 1. The maximum Gasteiger partial charge on any atom is 0.138 e. The minimum absolute atomic E-state index is 0.340. The van der Waals surface area contributed by atoms with E-state index in [9.17, 15) is 4.79 Å². The van der Waals surface area contributed by atoms with Crippen LogP contribution in [-0.2, 0) is 11.2 Å². The summed E-state index contributed by atoms with van der Waals surface area (Å²) in [6.07, 6.45) is 1.27. The van der Waals surface area contributed by atoms with Gasteiger partial charge in [0.15, 0.2) is 0 Å².